The first-order chi connectivity index (χ1) is 13.8. The van der Waals surface area contributed by atoms with Gasteiger partial charge < -0.3 is 4.74 Å². The van der Waals surface area contributed by atoms with E-state index in [2.05, 4.69) is 15.5 Å². The molecule has 0 radical (unpaired) electrons. The molecule has 0 spiro atoms. The lowest BCUT2D eigenvalue weighted by Crippen LogP contribution is -2.26. The van der Waals surface area contributed by atoms with Gasteiger partial charge in [-0.05, 0) is 36.8 Å². The molecule has 0 unspecified atom stereocenters. The van der Waals surface area contributed by atoms with Crippen LogP contribution < -0.4 is 10.1 Å². The predicted octanol–water partition coefficient (Wildman–Crippen LogP) is 2.93. The molecule has 0 saturated carbocycles. The first-order valence-corrected chi connectivity index (χ1v) is 10.9. The van der Waals surface area contributed by atoms with Crippen molar-refractivity contribution in [3.8, 4) is 5.75 Å². The van der Waals surface area contributed by atoms with Crippen LogP contribution in [0.15, 0.2) is 52.9 Å². The van der Waals surface area contributed by atoms with E-state index in [0.29, 0.717) is 11.3 Å². The molecule has 152 valence electrons. The number of hydrogen-bond acceptors (Lipinski definition) is 7. The Morgan fingerprint density at radius 2 is 1.90 bits per heavy atom. The van der Waals surface area contributed by atoms with Gasteiger partial charge in [-0.1, -0.05) is 41.2 Å². The van der Waals surface area contributed by atoms with Crippen LogP contribution in [0.25, 0.3) is 0 Å². The van der Waals surface area contributed by atoms with Crippen LogP contribution in [0, 0.1) is 6.92 Å². The van der Waals surface area contributed by atoms with Gasteiger partial charge in [0.05, 0.1) is 7.11 Å². The van der Waals surface area contributed by atoms with Crippen molar-refractivity contribution in [2.45, 2.75) is 17.8 Å². The highest BCUT2D eigenvalue weighted by Gasteiger charge is 2.26. The van der Waals surface area contributed by atoms with E-state index in [1.165, 1.54) is 11.4 Å². The number of rotatable bonds is 7. The average Bonchev–Trinajstić information content (AvgIpc) is 3.18. The highest BCUT2D eigenvalue weighted by Crippen LogP contribution is 2.24. The standard InChI is InChI=1S/C19H20N4O4S2/c1-13-5-4-6-15(11-13)17(24)20-18-21-22-19(28-18)29(25,26)23(2)12-14-7-9-16(27-3)10-8-14/h4-11H,12H2,1-3H3,(H,20,21,24). The largest absolute Gasteiger partial charge is 0.497 e. The van der Waals surface area contributed by atoms with Crippen LogP contribution in [0.3, 0.4) is 0 Å². The molecule has 2 aromatic carbocycles. The molecule has 8 nitrogen and oxygen atoms in total. The molecule has 3 aromatic rings. The number of aromatic nitrogens is 2. The molecule has 1 heterocycles. The van der Waals surface area contributed by atoms with Crippen molar-refractivity contribution < 1.29 is 17.9 Å². The van der Waals surface area contributed by atoms with Gasteiger partial charge in [-0.25, -0.2) is 8.42 Å². The Bertz CT molecular complexity index is 1110. The van der Waals surface area contributed by atoms with E-state index in [4.69, 9.17) is 4.74 Å². The fourth-order valence-corrected chi connectivity index (χ4v) is 4.77. The van der Waals surface area contributed by atoms with Crippen molar-refractivity contribution in [1.82, 2.24) is 14.5 Å². The minimum atomic E-state index is -3.84. The smallest absolute Gasteiger partial charge is 0.272 e. The summed E-state index contributed by atoms with van der Waals surface area (Å²) in [5.41, 5.74) is 2.20. The number of carbonyl (C=O) groups excluding carboxylic acids is 1. The Balaban J connectivity index is 1.71. The summed E-state index contributed by atoms with van der Waals surface area (Å²) in [4.78, 5) is 12.3. The molecule has 10 heteroatoms. The number of nitrogens with one attached hydrogen (secondary N) is 1. The first kappa shape index (κ1) is 20.9. The molecule has 0 bridgehead atoms. The molecule has 0 aliphatic heterocycles. The summed E-state index contributed by atoms with van der Waals surface area (Å²) in [6.07, 6.45) is 0. The molecule has 29 heavy (non-hydrogen) atoms. The average molecular weight is 433 g/mol. The minimum Gasteiger partial charge on any atom is -0.497 e. The van der Waals surface area contributed by atoms with Crippen molar-refractivity contribution in [3.63, 3.8) is 0 Å². The van der Waals surface area contributed by atoms with Crippen LogP contribution >= 0.6 is 11.3 Å². The molecule has 3 rings (SSSR count). The third kappa shape index (κ3) is 4.97. The number of anilines is 1. The van der Waals surface area contributed by atoms with Crippen LogP contribution in [0.4, 0.5) is 5.13 Å². The molecular weight excluding hydrogens is 412 g/mol. The van der Waals surface area contributed by atoms with E-state index in [0.717, 1.165) is 22.5 Å². The van der Waals surface area contributed by atoms with Crippen LogP contribution in [-0.2, 0) is 16.6 Å². The van der Waals surface area contributed by atoms with Gasteiger partial charge >= 0.3 is 0 Å². The molecule has 0 saturated heterocycles. The maximum atomic E-state index is 12.8. The lowest BCUT2D eigenvalue weighted by atomic mass is 10.1. The van der Waals surface area contributed by atoms with E-state index >= 15 is 0 Å². The van der Waals surface area contributed by atoms with Crippen molar-refractivity contribution in [2.24, 2.45) is 0 Å². The molecule has 1 amide bonds. The van der Waals surface area contributed by atoms with Crippen LogP contribution in [0.2, 0.25) is 0 Å². The number of ether oxygens (including phenoxy) is 1. The van der Waals surface area contributed by atoms with E-state index < -0.39 is 10.0 Å². The maximum absolute atomic E-state index is 12.8. The summed E-state index contributed by atoms with van der Waals surface area (Å²) in [6.45, 7) is 2.04. The first-order valence-electron chi connectivity index (χ1n) is 8.60. The zero-order valence-corrected chi connectivity index (χ0v) is 17.8. The second kappa shape index (κ2) is 8.68. The van der Waals surface area contributed by atoms with Gasteiger partial charge in [-0.3, -0.25) is 10.1 Å². The van der Waals surface area contributed by atoms with Gasteiger partial charge in [-0.15, -0.1) is 10.2 Å². The van der Waals surface area contributed by atoms with E-state index in [9.17, 15) is 13.2 Å². The van der Waals surface area contributed by atoms with Crippen LogP contribution in [0.5, 0.6) is 5.75 Å². The summed E-state index contributed by atoms with van der Waals surface area (Å²) in [5, 5.41) is 10.2. The summed E-state index contributed by atoms with van der Waals surface area (Å²) in [6, 6.07) is 14.2. The summed E-state index contributed by atoms with van der Waals surface area (Å²) in [5.74, 6) is 0.317. The fraction of sp³-hybridized carbons (Fsp3) is 0.211. The van der Waals surface area contributed by atoms with Gasteiger partial charge in [0.15, 0.2) is 0 Å². The van der Waals surface area contributed by atoms with Gasteiger partial charge in [0.2, 0.25) is 9.47 Å². The normalized spacial score (nSPS) is 11.4. The number of methoxy groups -OCH3 is 1. The highest BCUT2D eigenvalue weighted by atomic mass is 32.2. The Kier molecular flexibility index (Phi) is 6.26. The number of aryl methyl sites for hydroxylation is 1. The Morgan fingerprint density at radius 1 is 1.17 bits per heavy atom. The van der Waals surface area contributed by atoms with Gasteiger partial charge in [0, 0.05) is 19.2 Å². The molecule has 1 aromatic heterocycles. The van der Waals surface area contributed by atoms with Crippen molar-refractivity contribution in [1.29, 1.82) is 0 Å². The molecule has 0 fully saturated rings. The summed E-state index contributed by atoms with van der Waals surface area (Å²) >= 11 is 0.808. The number of nitrogens with zero attached hydrogens (tertiary/aromatic N) is 3. The Morgan fingerprint density at radius 3 is 2.55 bits per heavy atom. The number of amides is 1. The zero-order valence-electron chi connectivity index (χ0n) is 16.1. The second-order valence-electron chi connectivity index (χ2n) is 6.31. The number of hydrogen-bond donors (Lipinski definition) is 1. The third-order valence-electron chi connectivity index (χ3n) is 4.10. The van der Waals surface area contributed by atoms with Crippen molar-refractivity contribution >= 4 is 32.4 Å². The number of carbonyl (C=O) groups is 1. The van der Waals surface area contributed by atoms with Gasteiger partial charge in [0.1, 0.15) is 5.75 Å². The van der Waals surface area contributed by atoms with Gasteiger partial charge in [0.25, 0.3) is 15.9 Å². The minimum absolute atomic E-state index is 0.118. The molecule has 0 atom stereocenters. The van der Waals surface area contributed by atoms with E-state index in [1.54, 1.807) is 49.6 Å². The van der Waals surface area contributed by atoms with Crippen LogP contribution in [0.1, 0.15) is 21.5 Å². The third-order valence-corrected chi connectivity index (χ3v) is 7.09. The van der Waals surface area contributed by atoms with Crippen LogP contribution in [-0.4, -0.2) is 43.0 Å². The quantitative estimate of drug-likeness (QED) is 0.576. The Labute approximate surface area is 173 Å². The topological polar surface area (TPSA) is 101 Å². The SMILES string of the molecule is COc1ccc(CN(C)S(=O)(=O)c2nnc(NC(=O)c3cccc(C)c3)s2)cc1. The molecule has 0 aliphatic rings. The molecule has 0 aliphatic carbocycles. The maximum Gasteiger partial charge on any atom is 0.272 e. The van der Waals surface area contributed by atoms with Gasteiger partial charge in [-0.2, -0.15) is 4.31 Å². The highest BCUT2D eigenvalue weighted by molar-refractivity contribution is 7.91. The van der Waals surface area contributed by atoms with Crippen molar-refractivity contribution in [3.05, 3.63) is 65.2 Å². The van der Waals surface area contributed by atoms with Crippen molar-refractivity contribution in [2.75, 3.05) is 19.5 Å². The summed E-state index contributed by atoms with van der Waals surface area (Å²) < 4.78 is 31.6. The lowest BCUT2D eigenvalue weighted by Gasteiger charge is -2.15. The molecular formula is C19H20N4O4S2. The Hall–Kier alpha value is -2.82. The summed E-state index contributed by atoms with van der Waals surface area (Å²) in [7, 11) is -0.813. The number of benzene rings is 2. The fourth-order valence-electron chi connectivity index (χ4n) is 2.53. The predicted molar refractivity (Wildman–Crippen MR) is 111 cm³/mol. The zero-order chi connectivity index (χ0) is 21.0. The molecule has 1 N–H and O–H groups in total. The van der Waals surface area contributed by atoms with E-state index in [-0.39, 0.29) is 21.9 Å². The van der Waals surface area contributed by atoms with E-state index in [1.807, 2.05) is 13.0 Å². The second-order valence-corrected chi connectivity index (χ2v) is 9.50. The monoisotopic (exact) mass is 432 g/mol. The lowest BCUT2D eigenvalue weighted by molar-refractivity contribution is 0.102. The number of sulfonamides is 1.